The maximum atomic E-state index is 12.7. The highest BCUT2D eigenvalue weighted by atomic mass is 16.2. The molecule has 2 saturated heterocycles. The molecule has 2 aliphatic rings. The summed E-state index contributed by atoms with van der Waals surface area (Å²) in [5.74, 6) is 1.51. The Hall–Kier alpha value is -1.35. The highest BCUT2D eigenvalue weighted by molar-refractivity contribution is 5.80. The van der Waals surface area contributed by atoms with E-state index in [4.69, 9.17) is 0 Å². The number of nitrogens with zero attached hydrogens (tertiary/aromatic N) is 1. The molecule has 0 bridgehead atoms. The third-order valence-electron chi connectivity index (χ3n) is 5.26. The lowest BCUT2D eigenvalue weighted by molar-refractivity contribution is -0.134. The van der Waals surface area contributed by atoms with E-state index < -0.39 is 0 Å². The number of likely N-dealkylation sites (tertiary alicyclic amines) is 1. The van der Waals surface area contributed by atoms with Gasteiger partial charge in [-0.05, 0) is 43.7 Å². The molecule has 108 valence electrons. The highest BCUT2D eigenvalue weighted by Crippen LogP contribution is 2.40. The Balaban J connectivity index is 1.77. The smallest absolute Gasteiger partial charge is 0.227 e. The van der Waals surface area contributed by atoms with Crippen LogP contribution in [0, 0.1) is 18.8 Å². The maximum absolute atomic E-state index is 12.7. The van der Waals surface area contributed by atoms with Crippen LogP contribution in [0.2, 0.25) is 0 Å². The largest absolute Gasteiger partial charge is 0.337 e. The standard InChI is InChI=1S/C17H24N2O/c1-12-6-4-5-7-13(12)8-16(20)19-11-14-9-18-10-15(14)17(19,2)3/h4-7,14-15,18H,8-11H2,1-3H3. The zero-order valence-electron chi connectivity index (χ0n) is 12.6. The van der Waals surface area contributed by atoms with E-state index in [2.05, 4.69) is 43.1 Å². The molecule has 0 spiro atoms. The van der Waals surface area contributed by atoms with E-state index in [-0.39, 0.29) is 11.4 Å². The molecule has 0 radical (unpaired) electrons. The summed E-state index contributed by atoms with van der Waals surface area (Å²) in [6.45, 7) is 9.54. The van der Waals surface area contributed by atoms with Crippen LogP contribution in [0.4, 0.5) is 0 Å². The van der Waals surface area contributed by atoms with Gasteiger partial charge in [-0.3, -0.25) is 4.79 Å². The average molecular weight is 272 g/mol. The summed E-state index contributed by atoms with van der Waals surface area (Å²) in [5, 5.41) is 3.46. The molecule has 3 rings (SSSR count). The number of carbonyl (C=O) groups excluding carboxylic acids is 1. The molecule has 1 aromatic rings. The van der Waals surface area contributed by atoms with Gasteiger partial charge in [0.1, 0.15) is 0 Å². The van der Waals surface area contributed by atoms with Crippen LogP contribution >= 0.6 is 0 Å². The fourth-order valence-electron chi connectivity index (χ4n) is 3.91. The minimum Gasteiger partial charge on any atom is -0.337 e. The first-order chi connectivity index (χ1) is 9.50. The SMILES string of the molecule is Cc1ccccc1CC(=O)N1CC2CNCC2C1(C)C. The van der Waals surface area contributed by atoms with Gasteiger partial charge in [0, 0.05) is 25.2 Å². The Bertz CT molecular complexity index is 523. The number of nitrogens with one attached hydrogen (secondary N) is 1. The second kappa shape index (κ2) is 4.88. The molecule has 1 N–H and O–H groups in total. The number of fused-ring (bicyclic) bond motifs is 1. The van der Waals surface area contributed by atoms with Crippen molar-refractivity contribution >= 4 is 5.91 Å². The number of hydrogen-bond donors (Lipinski definition) is 1. The van der Waals surface area contributed by atoms with Crippen LogP contribution in [0.15, 0.2) is 24.3 Å². The van der Waals surface area contributed by atoms with Gasteiger partial charge < -0.3 is 10.2 Å². The third-order valence-corrected chi connectivity index (χ3v) is 5.26. The fourth-order valence-corrected chi connectivity index (χ4v) is 3.91. The van der Waals surface area contributed by atoms with Crippen molar-refractivity contribution in [3.8, 4) is 0 Å². The van der Waals surface area contributed by atoms with Crippen LogP contribution in [-0.2, 0) is 11.2 Å². The number of aryl methyl sites for hydroxylation is 1. The molecule has 2 atom stereocenters. The topological polar surface area (TPSA) is 32.3 Å². The van der Waals surface area contributed by atoms with Crippen LogP contribution in [0.5, 0.6) is 0 Å². The van der Waals surface area contributed by atoms with Crippen LogP contribution < -0.4 is 5.32 Å². The predicted molar refractivity (Wildman–Crippen MR) is 80.5 cm³/mol. The molecule has 20 heavy (non-hydrogen) atoms. The van der Waals surface area contributed by atoms with Gasteiger partial charge in [-0.1, -0.05) is 24.3 Å². The van der Waals surface area contributed by atoms with Gasteiger partial charge in [-0.25, -0.2) is 0 Å². The number of amides is 1. The van der Waals surface area contributed by atoms with Crippen molar-refractivity contribution in [1.29, 1.82) is 0 Å². The van der Waals surface area contributed by atoms with Gasteiger partial charge in [0.2, 0.25) is 5.91 Å². The van der Waals surface area contributed by atoms with Crippen molar-refractivity contribution in [2.45, 2.75) is 32.7 Å². The van der Waals surface area contributed by atoms with Crippen molar-refractivity contribution in [3.63, 3.8) is 0 Å². The summed E-state index contributed by atoms with van der Waals surface area (Å²) in [6, 6.07) is 8.19. The first kappa shape index (κ1) is 13.6. The Morgan fingerprint density at radius 2 is 2.10 bits per heavy atom. The number of rotatable bonds is 2. The zero-order valence-corrected chi connectivity index (χ0v) is 12.6. The second-order valence-corrected chi connectivity index (χ2v) is 6.79. The van der Waals surface area contributed by atoms with Gasteiger partial charge in [0.05, 0.1) is 6.42 Å². The van der Waals surface area contributed by atoms with E-state index in [9.17, 15) is 4.79 Å². The van der Waals surface area contributed by atoms with Crippen molar-refractivity contribution in [3.05, 3.63) is 35.4 Å². The summed E-state index contributed by atoms with van der Waals surface area (Å²) in [4.78, 5) is 14.8. The lowest BCUT2D eigenvalue weighted by atomic mass is 9.84. The Morgan fingerprint density at radius 1 is 1.35 bits per heavy atom. The summed E-state index contributed by atoms with van der Waals surface area (Å²) in [5.41, 5.74) is 2.34. The van der Waals surface area contributed by atoms with Crippen LogP contribution in [0.25, 0.3) is 0 Å². The molecule has 0 aliphatic carbocycles. The summed E-state index contributed by atoms with van der Waals surface area (Å²) >= 11 is 0. The molecule has 3 nitrogen and oxygen atoms in total. The molecule has 2 fully saturated rings. The maximum Gasteiger partial charge on any atom is 0.227 e. The normalized spacial score (nSPS) is 27.6. The average Bonchev–Trinajstić information content (AvgIpc) is 2.95. The first-order valence-corrected chi connectivity index (χ1v) is 7.56. The number of hydrogen-bond acceptors (Lipinski definition) is 2. The third kappa shape index (κ3) is 2.14. The Kier molecular flexibility index (Phi) is 3.33. The Labute approximate surface area is 121 Å². The van der Waals surface area contributed by atoms with Crippen molar-refractivity contribution in [2.75, 3.05) is 19.6 Å². The molecule has 2 heterocycles. The van der Waals surface area contributed by atoms with E-state index in [0.717, 1.165) is 25.2 Å². The second-order valence-electron chi connectivity index (χ2n) is 6.79. The fraction of sp³-hybridized carbons (Fsp3) is 0.588. The van der Waals surface area contributed by atoms with Crippen molar-refractivity contribution < 1.29 is 4.79 Å². The van der Waals surface area contributed by atoms with Crippen molar-refractivity contribution in [2.24, 2.45) is 11.8 Å². The number of benzene rings is 1. The van der Waals surface area contributed by atoms with Crippen molar-refractivity contribution in [1.82, 2.24) is 10.2 Å². The van der Waals surface area contributed by atoms with E-state index in [1.165, 1.54) is 5.56 Å². The first-order valence-electron chi connectivity index (χ1n) is 7.56. The quantitative estimate of drug-likeness (QED) is 0.893. The van der Waals surface area contributed by atoms with Gasteiger partial charge in [0.15, 0.2) is 0 Å². The monoisotopic (exact) mass is 272 g/mol. The molecule has 2 unspecified atom stereocenters. The van der Waals surface area contributed by atoms with Gasteiger partial charge >= 0.3 is 0 Å². The van der Waals surface area contributed by atoms with E-state index >= 15 is 0 Å². The molecule has 0 aromatic heterocycles. The predicted octanol–water partition coefficient (Wildman–Crippen LogP) is 1.99. The van der Waals surface area contributed by atoms with Crippen LogP contribution in [0.3, 0.4) is 0 Å². The minimum absolute atomic E-state index is 0.0199. The molecule has 3 heteroatoms. The van der Waals surface area contributed by atoms with E-state index in [1.807, 2.05) is 12.1 Å². The lowest BCUT2D eigenvalue weighted by Crippen LogP contribution is -2.48. The molecular formula is C17H24N2O. The summed E-state index contributed by atoms with van der Waals surface area (Å²) in [7, 11) is 0. The van der Waals surface area contributed by atoms with E-state index in [0.29, 0.717) is 18.3 Å². The van der Waals surface area contributed by atoms with Gasteiger partial charge in [-0.15, -0.1) is 0 Å². The van der Waals surface area contributed by atoms with Crippen LogP contribution in [-0.4, -0.2) is 36.0 Å². The zero-order chi connectivity index (χ0) is 14.3. The number of carbonyl (C=O) groups is 1. The molecule has 1 amide bonds. The van der Waals surface area contributed by atoms with E-state index in [1.54, 1.807) is 0 Å². The molecule has 0 saturated carbocycles. The molecular weight excluding hydrogens is 248 g/mol. The van der Waals surface area contributed by atoms with Gasteiger partial charge in [0.25, 0.3) is 0 Å². The summed E-state index contributed by atoms with van der Waals surface area (Å²) < 4.78 is 0. The molecule has 2 aliphatic heterocycles. The summed E-state index contributed by atoms with van der Waals surface area (Å²) in [6.07, 6.45) is 0.531. The Morgan fingerprint density at radius 3 is 2.80 bits per heavy atom. The highest BCUT2D eigenvalue weighted by Gasteiger charge is 2.50. The molecule has 1 aromatic carbocycles. The van der Waals surface area contributed by atoms with Gasteiger partial charge in [-0.2, -0.15) is 0 Å². The minimum atomic E-state index is -0.0199. The van der Waals surface area contributed by atoms with Crippen LogP contribution in [0.1, 0.15) is 25.0 Å². The lowest BCUT2D eigenvalue weighted by Gasteiger charge is -2.35.